The first-order valence-corrected chi connectivity index (χ1v) is 8.55. The van der Waals surface area contributed by atoms with Crippen LogP contribution in [0.2, 0.25) is 0 Å². The molecule has 0 saturated heterocycles. The van der Waals surface area contributed by atoms with E-state index in [2.05, 4.69) is 5.43 Å². The first kappa shape index (κ1) is 20.1. The number of rotatable bonds is 4. The summed E-state index contributed by atoms with van der Waals surface area (Å²) in [4.78, 5) is 36.1. The molecule has 2 rings (SSSR count). The molecular weight excluding hydrogens is 346 g/mol. The van der Waals surface area contributed by atoms with Crippen molar-refractivity contribution >= 4 is 17.5 Å². The number of hydrogen-bond donors (Lipinski definition) is 1. The Labute approximate surface area is 158 Å². The number of carbonyl (C=O) groups is 2. The topological polar surface area (TPSA) is 92.6 Å². The lowest BCUT2D eigenvalue weighted by Crippen LogP contribution is -2.55. The molecular formula is C20H23N3O4. The van der Waals surface area contributed by atoms with Crippen LogP contribution < -0.4 is 5.43 Å². The van der Waals surface area contributed by atoms with Crippen LogP contribution in [0, 0.1) is 15.5 Å². The zero-order valence-corrected chi connectivity index (χ0v) is 15.8. The summed E-state index contributed by atoms with van der Waals surface area (Å²) in [5.41, 5.74) is 2.69. The summed E-state index contributed by atoms with van der Waals surface area (Å²) in [6.07, 6.45) is 0. The van der Waals surface area contributed by atoms with Crippen LogP contribution in [0.5, 0.6) is 0 Å². The van der Waals surface area contributed by atoms with Crippen molar-refractivity contribution in [3.8, 4) is 0 Å². The highest BCUT2D eigenvalue weighted by atomic mass is 16.6. The smallest absolute Gasteiger partial charge is 0.267 e. The van der Waals surface area contributed by atoms with E-state index in [1.54, 1.807) is 30.3 Å². The van der Waals surface area contributed by atoms with Crippen molar-refractivity contribution in [1.29, 1.82) is 0 Å². The summed E-state index contributed by atoms with van der Waals surface area (Å²) in [7, 11) is 0. The van der Waals surface area contributed by atoms with E-state index in [4.69, 9.17) is 0 Å². The zero-order valence-electron chi connectivity index (χ0n) is 15.8. The average Bonchev–Trinajstić information content (AvgIpc) is 2.64. The normalized spacial score (nSPS) is 12.1. The lowest BCUT2D eigenvalue weighted by Gasteiger charge is -2.37. The lowest BCUT2D eigenvalue weighted by atomic mass is 9.87. The van der Waals surface area contributed by atoms with E-state index in [0.29, 0.717) is 5.56 Å². The van der Waals surface area contributed by atoms with E-state index in [1.165, 1.54) is 29.3 Å². The maximum atomic E-state index is 13.1. The van der Waals surface area contributed by atoms with Gasteiger partial charge in [0.05, 0.1) is 11.0 Å². The van der Waals surface area contributed by atoms with Gasteiger partial charge in [-0.05, 0) is 30.5 Å². The van der Waals surface area contributed by atoms with Gasteiger partial charge >= 0.3 is 0 Å². The molecule has 0 radical (unpaired) electrons. The Morgan fingerprint density at radius 3 is 2.19 bits per heavy atom. The molecule has 0 spiro atoms. The molecule has 0 aliphatic carbocycles. The van der Waals surface area contributed by atoms with Gasteiger partial charge < -0.3 is 0 Å². The van der Waals surface area contributed by atoms with Crippen LogP contribution in [0.3, 0.4) is 0 Å². The first-order valence-electron chi connectivity index (χ1n) is 8.55. The molecule has 142 valence electrons. The van der Waals surface area contributed by atoms with Gasteiger partial charge in [0.15, 0.2) is 0 Å². The van der Waals surface area contributed by atoms with Crippen molar-refractivity contribution < 1.29 is 14.5 Å². The fourth-order valence-corrected chi connectivity index (χ4v) is 2.37. The van der Waals surface area contributed by atoms with Crippen LogP contribution in [0.4, 0.5) is 5.69 Å². The second-order valence-corrected chi connectivity index (χ2v) is 7.33. The fraction of sp³-hybridized carbons (Fsp3) is 0.300. The van der Waals surface area contributed by atoms with Gasteiger partial charge in [-0.1, -0.05) is 45.0 Å². The summed E-state index contributed by atoms with van der Waals surface area (Å²) >= 11 is 0. The molecule has 0 bridgehead atoms. The van der Waals surface area contributed by atoms with E-state index < -0.39 is 16.7 Å². The molecule has 0 aromatic heterocycles. The quantitative estimate of drug-likeness (QED) is 0.655. The van der Waals surface area contributed by atoms with Crippen LogP contribution in [0.1, 0.15) is 48.4 Å². The van der Waals surface area contributed by atoms with Gasteiger partial charge in [0, 0.05) is 23.3 Å². The van der Waals surface area contributed by atoms with E-state index in [1.807, 2.05) is 27.7 Å². The van der Waals surface area contributed by atoms with Crippen LogP contribution in [-0.2, 0) is 0 Å². The summed E-state index contributed by atoms with van der Waals surface area (Å²) in [6.45, 7) is 7.65. The van der Waals surface area contributed by atoms with Crippen molar-refractivity contribution in [2.24, 2.45) is 5.41 Å². The molecule has 0 saturated carbocycles. The maximum Gasteiger partial charge on any atom is 0.272 e. The molecule has 1 N–H and O–H groups in total. The van der Waals surface area contributed by atoms with E-state index in [9.17, 15) is 19.7 Å². The monoisotopic (exact) mass is 369 g/mol. The minimum Gasteiger partial charge on any atom is -0.267 e. The van der Waals surface area contributed by atoms with E-state index >= 15 is 0 Å². The third-order valence-corrected chi connectivity index (χ3v) is 4.42. The van der Waals surface area contributed by atoms with Crippen molar-refractivity contribution in [2.75, 3.05) is 0 Å². The minimum atomic E-state index is -0.559. The number of non-ortho nitro benzene ring substituents is 1. The van der Waals surface area contributed by atoms with Crippen LogP contribution in [0.25, 0.3) is 0 Å². The molecule has 0 fully saturated rings. The fourth-order valence-electron chi connectivity index (χ4n) is 2.37. The number of hydrazine groups is 1. The number of amides is 2. The zero-order chi connectivity index (χ0) is 20.2. The molecule has 0 aliphatic rings. The molecule has 7 heteroatoms. The Hall–Kier alpha value is -3.22. The minimum absolute atomic E-state index is 0.133. The highest BCUT2D eigenvalue weighted by molar-refractivity contribution is 5.99. The average molecular weight is 369 g/mol. The summed E-state index contributed by atoms with van der Waals surface area (Å²) in [5.74, 6) is -0.934. The third-order valence-electron chi connectivity index (χ3n) is 4.42. The second-order valence-electron chi connectivity index (χ2n) is 7.33. The highest BCUT2D eigenvalue weighted by Crippen LogP contribution is 2.25. The van der Waals surface area contributed by atoms with Crippen LogP contribution in [-0.4, -0.2) is 27.8 Å². The van der Waals surface area contributed by atoms with E-state index in [-0.39, 0.29) is 22.7 Å². The van der Waals surface area contributed by atoms with Gasteiger partial charge in [0.2, 0.25) is 0 Å². The molecule has 1 atom stereocenters. The SMILES string of the molecule is CC(N(NC(=O)c1ccccc1)C(=O)c1cccc([N+](=O)[O-])c1)C(C)(C)C. The number of nitrogens with one attached hydrogen (secondary N) is 1. The maximum absolute atomic E-state index is 13.1. The first-order chi connectivity index (χ1) is 12.6. The Bertz CT molecular complexity index is 844. The molecule has 2 aromatic rings. The molecule has 0 aliphatic heterocycles. The largest absolute Gasteiger partial charge is 0.272 e. The Morgan fingerprint density at radius 1 is 1.04 bits per heavy atom. The van der Waals surface area contributed by atoms with Gasteiger partial charge in [-0.3, -0.25) is 25.1 Å². The predicted octanol–water partition coefficient (Wildman–Crippen LogP) is 3.82. The summed E-state index contributed by atoms with van der Waals surface area (Å²) < 4.78 is 0. The van der Waals surface area contributed by atoms with Gasteiger partial charge in [-0.25, -0.2) is 5.01 Å². The molecule has 0 heterocycles. The van der Waals surface area contributed by atoms with Gasteiger partial charge in [-0.2, -0.15) is 0 Å². The van der Waals surface area contributed by atoms with Crippen molar-refractivity contribution in [1.82, 2.24) is 10.4 Å². The molecule has 2 amide bonds. The summed E-state index contributed by atoms with van der Waals surface area (Å²) in [6, 6.07) is 13.6. The van der Waals surface area contributed by atoms with Gasteiger partial charge in [0.25, 0.3) is 17.5 Å². The Balaban J connectivity index is 2.37. The standard InChI is InChI=1S/C20H23N3O4/c1-14(20(2,3)4)22(21-18(24)15-9-6-5-7-10-15)19(25)16-11-8-12-17(13-16)23(26)27/h5-14H,1-4H3,(H,21,24). The molecule has 1 unspecified atom stereocenters. The van der Waals surface area contributed by atoms with Gasteiger partial charge in [-0.15, -0.1) is 0 Å². The number of nitrogens with zero attached hydrogens (tertiary/aromatic N) is 2. The van der Waals surface area contributed by atoms with E-state index in [0.717, 1.165) is 0 Å². The van der Waals surface area contributed by atoms with Crippen molar-refractivity contribution in [3.63, 3.8) is 0 Å². The van der Waals surface area contributed by atoms with Crippen molar-refractivity contribution in [3.05, 3.63) is 75.8 Å². The number of nitro groups is 1. The van der Waals surface area contributed by atoms with Crippen LogP contribution in [0.15, 0.2) is 54.6 Å². The lowest BCUT2D eigenvalue weighted by molar-refractivity contribution is -0.384. The third kappa shape index (κ3) is 4.91. The summed E-state index contributed by atoms with van der Waals surface area (Å²) in [5, 5.41) is 12.3. The van der Waals surface area contributed by atoms with Crippen molar-refractivity contribution in [2.45, 2.75) is 33.7 Å². The number of benzene rings is 2. The van der Waals surface area contributed by atoms with Gasteiger partial charge in [0.1, 0.15) is 0 Å². The predicted molar refractivity (Wildman–Crippen MR) is 102 cm³/mol. The highest BCUT2D eigenvalue weighted by Gasteiger charge is 2.32. The number of hydrogen-bond acceptors (Lipinski definition) is 4. The number of nitro benzene ring substituents is 1. The Morgan fingerprint density at radius 2 is 1.63 bits per heavy atom. The second kappa shape index (κ2) is 7.99. The number of carbonyl (C=O) groups excluding carboxylic acids is 2. The molecule has 7 nitrogen and oxygen atoms in total. The Kier molecular flexibility index (Phi) is 5.95. The van der Waals surface area contributed by atoms with Crippen LogP contribution >= 0.6 is 0 Å². The molecule has 2 aromatic carbocycles. The molecule has 27 heavy (non-hydrogen) atoms.